The third-order valence-corrected chi connectivity index (χ3v) is 5.56. The van der Waals surface area contributed by atoms with Crippen molar-refractivity contribution in [3.63, 3.8) is 0 Å². The number of carbonyl (C=O) groups excluding carboxylic acids is 3. The Morgan fingerprint density at radius 2 is 1.82 bits per heavy atom. The van der Waals surface area contributed by atoms with Gasteiger partial charge in [0.1, 0.15) is 16.7 Å². The monoisotopic (exact) mass is 471 g/mol. The fourth-order valence-corrected chi connectivity index (χ4v) is 3.89. The van der Waals surface area contributed by atoms with Crippen LogP contribution in [0.1, 0.15) is 31.8 Å². The molecule has 2 aromatic carbocycles. The number of ether oxygens (including phenoxy) is 1. The molecular weight excluding hydrogens is 449 g/mol. The first-order valence-electron chi connectivity index (χ1n) is 9.80. The van der Waals surface area contributed by atoms with E-state index in [1.807, 2.05) is 0 Å². The summed E-state index contributed by atoms with van der Waals surface area (Å²) in [5.41, 5.74) is 11.6. The van der Waals surface area contributed by atoms with E-state index in [0.717, 1.165) is 0 Å². The van der Waals surface area contributed by atoms with Crippen LogP contribution in [0, 0.1) is 5.82 Å². The van der Waals surface area contributed by atoms with Crippen molar-refractivity contribution in [2.45, 2.75) is 6.04 Å². The van der Waals surface area contributed by atoms with Crippen molar-refractivity contribution in [2.24, 2.45) is 5.73 Å². The summed E-state index contributed by atoms with van der Waals surface area (Å²) in [6.45, 7) is 0.448. The van der Waals surface area contributed by atoms with Crippen molar-refractivity contribution >= 4 is 40.6 Å². The highest BCUT2D eigenvalue weighted by Crippen LogP contribution is 2.33. The van der Waals surface area contributed by atoms with E-state index in [9.17, 15) is 18.8 Å². The Hall–Kier alpha value is -3.83. The predicted molar refractivity (Wildman–Crippen MR) is 122 cm³/mol. The van der Waals surface area contributed by atoms with Crippen LogP contribution in [0.25, 0.3) is 0 Å². The molecule has 0 aliphatic rings. The number of anilines is 2. The lowest BCUT2D eigenvalue weighted by atomic mass is 10.0. The molecule has 0 aliphatic heterocycles. The smallest absolute Gasteiger partial charge is 0.273 e. The van der Waals surface area contributed by atoms with E-state index in [4.69, 9.17) is 16.2 Å². The van der Waals surface area contributed by atoms with Crippen LogP contribution >= 0.6 is 11.5 Å². The van der Waals surface area contributed by atoms with Crippen LogP contribution in [0.15, 0.2) is 54.6 Å². The average Bonchev–Trinajstić information content (AvgIpc) is 3.20. The summed E-state index contributed by atoms with van der Waals surface area (Å²) in [6, 6.07) is 12.5. The van der Waals surface area contributed by atoms with Gasteiger partial charge in [0.05, 0.1) is 12.3 Å². The Balaban J connectivity index is 2.14. The van der Waals surface area contributed by atoms with Crippen LogP contribution < -0.4 is 21.7 Å². The molecule has 1 atom stereocenters. The van der Waals surface area contributed by atoms with Gasteiger partial charge in [-0.2, -0.15) is 4.37 Å². The fourth-order valence-electron chi connectivity index (χ4n) is 3.15. The largest absolute Gasteiger partial charge is 0.395 e. The summed E-state index contributed by atoms with van der Waals surface area (Å²) in [4.78, 5) is 39.7. The molecule has 0 spiro atoms. The molecular formula is C22H22FN5O4S. The van der Waals surface area contributed by atoms with Gasteiger partial charge in [-0.15, -0.1) is 0 Å². The zero-order valence-corrected chi connectivity index (χ0v) is 18.5. The van der Waals surface area contributed by atoms with Crippen LogP contribution in [0.2, 0.25) is 0 Å². The number of para-hydroxylation sites is 1. The van der Waals surface area contributed by atoms with Gasteiger partial charge in [0, 0.05) is 19.3 Å². The fraction of sp³-hybridized carbons (Fsp3) is 0.182. The minimum Gasteiger partial charge on any atom is -0.395 e. The zero-order valence-electron chi connectivity index (χ0n) is 17.7. The Labute approximate surface area is 193 Å². The third-order valence-electron chi connectivity index (χ3n) is 4.71. The number of hydrogen-bond donors (Lipinski definition) is 3. The first kappa shape index (κ1) is 23.8. The molecule has 3 rings (SSSR count). The summed E-state index contributed by atoms with van der Waals surface area (Å²) in [5.74, 6) is -2.55. The second-order valence-corrected chi connectivity index (χ2v) is 7.66. The molecule has 33 heavy (non-hydrogen) atoms. The number of nitrogen functional groups attached to an aromatic ring is 1. The molecule has 0 saturated heterocycles. The molecule has 3 amide bonds. The number of hydrogen-bond acceptors (Lipinski definition) is 7. The highest BCUT2D eigenvalue weighted by molar-refractivity contribution is 7.09. The summed E-state index contributed by atoms with van der Waals surface area (Å²) in [5, 5.41) is 2.72. The van der Waals surface area contributed by atoms with Gasteiger partial charge in [0.2, 0.25) is 5.91 Å². The normalized spacial score (nSPS) is 11.6. The minimum atomic E-state index is -1.18. The molecule has 0 saturated carbocycles. The number of carbonyl (C=O) groups is 3. The van der Waals surface area contributed by atoms with Gasteiger partial charge in [-0.1, -0.05) is 30.3 Å². The van der Waals surface area contributed by atoms with E-state index in [2.05, 4.69) is 9.69 Å². The van der Waals surface area contributed by atoms with Crippen LogP contribution in [-0.2, 0) is 9.53 Å². The topological polar surface area (TPSA) is 141 Å². The second kappa shape index (κ2) is 10.7. The van der Waals surface area contributed by atoms with E-state index >= 15 is 0 Å². The van der Waals surface area contributed by atoms with E-state index < -0.39 is 29.6 Å². The van der Waals surface area contributed by atoms with Gasteiger partial charge in [-0.05, 0) is 41.4 Å². The average molecular weight is 472 g/mol. The SMILES string of the molecule is COCCNC(=O)[C@H](c1ccc(F)cc1)N(C(=O)c1snc(C(N)=O)c1N)c1ccccc1. The van der Waals surface area contributed by atoms with Crippen molar-refractivity contribution < 1.29 is 23.5 Å². The standard InChI is InChI=1S/C22H22FN5O4S/c1-32-12-11-26-21(30)18(13-7-9-14(23)10-8-13)28(15-5-3-2-4-6-15)22(31)19-16(24)17(20(25)29)27-33-19/h2-10,18H,11-12,24H2,1H3,(H2,25,29)(H,26,30)/t18-/m0/s1. The van der Waals surface area contributed by atoms with Gasteiger partial charge in [0.15, 0.2) is 5.69 Å². The van der Waals surface area contributed by atoms with Crippen LogP contribution in [-0.4, -0.2) is 42.4 Å². The maximum Gasteiger partial charge on any atom is 0.273 e. The van der Waals surface area contributed by atoms with E-state index in [1.165, 1.54) is 36.3 Å². The molecule has 1 aromatic heterocycles. The van der Waals surface area contributed by atoms with Crippen molar-refractivity contribution in [3.05, 3.63) is 76.5 Å². The Kier molecular flexibility index (Phi) is 7.70. The van der Waals surface area contributed by atoms with Crippen molar-refractivity contribution in [3.8, 4) is 0 Å². The van der Waals surface area contributed by atoms with E-state index in [-0.39, 0.29) is 29.4 Å². The molecule has 0 bridgehead atoms. The maximum atomic E-state index is 13.7. The molecule has 9 nitrogen and oxygen atoms in total. The summed E-state index contributed by atoms with van der Waals surface area (Å²) >= 11 is 0.705. The van der Waals surface area contributed by atoms with Crippen molar-refractivity contribution in [1.29, 1.82) is 0 Å². The minimum absolute atomic E-state index is 0.0514. The lowest BCUT2D eigenvalue weighted by molar-refractivity contribution is -0.122. The molecule has 1 heterocycles. The lowest BCUT2D eigenvalue weighted by Gasteiger charge is -2.31. The Bertz CT molecular complexity index is 1140. The summed E-state index contributed by atoms with van der Waals surface area (Å²) in [6.07, 6.45) is 0. The lowest BCUT2D eigenvalue weighted by Crippen LogP contribution is -2.44. The molecule has 11 heteroatoms. The number of aromatic nitrogens is 1. The predicted octanol–water partition coefficient (Wildman–Crippen LogP) is 2.11. The summed E-state index contributed by atoms with van der Waals surface area (Å²) < 4.78 is 22.5. The van der Waals surface area contributed by atoms with Crippen LogP contribution in [0.3, 0.4) is 0 Å². The van der Waals surface area contributed by atoms with Gasteiger partial charge in [-0.25, -0.2) is 4.39 Å². The number of primary amides is 1. The number of methoxy groups -OCH3 is 1. The van der Waals surface area contributed by atoms with Gasteiger partial charge >= 0.3 is 0 Å². The van der Waals surface area contributed by atoms with Crippen LogP contribution in [0.4, 0.5) is 15.8 Å². The highest BCUT2D eigenvalue weighted by atomic mass is 32.1. The Morgan fingerprint density at radius 3 is 2.39 bits per heavy atom. The number of rotatable bonds is 9. The first-order valence-corrected chi connectivity index (χ1v) is 10.6. The number of nitrogens with two attached hydrogens (primary N) is 2. The van der Waals surface area contributed by atoms with Gasteiger partial charge in [-0.3, -0.25) is 19.3 Å². The van der Waals surface area contributed by atoms with E-state index in [1.54, 1.807) is 30.3 Å². The van der Waals surface area contributed by atoms with Gasteiger partial charge in [0.25, 0.3) is 11.8 Å². The van der Waals surface area contributed by atoms with E-state index in [0.29, 0.717) is 22.8 Å². The maximum absolute atomic E-state index is 13.7. The molecule has 172 valence electrons. The third kappa shape index (κ3) is 5.33. The van der Waals surface area contributed by atoms with Crippen molar-refractivity contribution in [2.75, 3.05) is 30.9 Å². The number of nitrogens with one attached hydrogen (secondary N) is 1. The van der Waals surface area contributed by atoms with Gasteiger partial charge < -0.3 is 21.5 Å². The second-order valence-electron chi connectivity index (χ2n) is 6.89. The molecule has 0 radical (unpaired) electrons. The molecule has 3 aromatic rings. The number of benzene rings is 2. The Morgan fingerprint density at radius 1 is 1.15 bits per heavy atom. The number of halogens is 1. The number of amides is 3. The molecule has 0 aliphatic carbocycles. The first-order chi connectivity index (χ1) is 15.8. The quantitative estimate of drug-likeness (QED) is 0.408. The zero-order chi connectivity index (χ0) is 24.0. The summed E-state index contributed by atoms with van der Waals surface area (Å²) in [7, 11) is 1.49. The molecule has 0 unspecified atom stereocenters. The highest BCUT2D eigenvalue weighted by Gasteiger charge is 2.35. The molecule has 5 N–H and O–H groups in total. The van der Waals surface area contributed by atoms with Crippen LogP contribution in [0.5, 0.6) is 0 Å². The number of nitrogens with zero attached hydrogens (tertiary/aromatic N) is 2. The molecule has 0 fully saturated rings. The van der Waals surface area contributed by atoms with Crippen molar-refractivity contribution in [1.82, 2.24) is 9.69 Å².